The standard InChI is InChI=1S/C16H28N4/c1-4-13(2)19-9-11-20(12-10-19)16(14(3)17)15-5-7-18-8-6-15/h5-8,13-14,16H,4,9-12,17H2,1-3H3. The number of aromatic nitrogens is 1. The Kier molecular flexibility index (Phi) is 5.52. The van der Waals surface area contributed by atoms with E-state index < -0.39 is 0 Å². The molecule has 4 heteroatoms. The average molecular weight is 276 g/mol. The predicted octanol–water partition coefficient (Wildman–Crippen LogP) is 1.89. The Bertz CT molecular complexity index is 385. The molecule has 0 radical (unpaired) electrons. The van der Waals surface area contributed by atoms with Crippen molar-refractivity contribution in [3.8, 4) is 0 Å². The molecule has 2 heterocycles. The second-order valence-corrected chi connectivity index (χ2v) is 5.91. The summed E-state index contributed by atoms with van der Waals surface area (Å²) in [7, 11) is 0. The van der Waals surface area contributed by atoms with Crippen molar-refractivity contribution in [1.82, 2.24) is 14.8 Å². The largest absolute Gasteiger partial charge is 0.326 e. The van der Waals surface area contributed by atoms with Gasteiger partial charge in [0.15, 0.2) is 0 Å². The van der Waals surface area contributed by atoms with Crippen molar-refractivity contribution >= 4 is 0 Å². The summed E-state index contributed by atoms with van der Waals surface area (Å²) in [4.78, 5) is 9.22. The molecule has 0 aliphatic carbocycles. The maximum absolute atomic E-state index is 6.24. The maximum atomic E-state index is 6.24. The Morgan fingerprint density at radius 2 is 1.65 bits per heavy atom. The lowest BCUT2D eigenvalue weighted by Crippen LogP contribution is -2.52. The molecule has 1 saturated heterocycles. The molecule has 1 fully saturated rings. The Labute approximate surface area is 123 Å². The van der Waals surface area contributed by atoms with Crippen molar-refractivity contribution in [2.24, 2.45) is 5.73 Å². The predicted molar refractivity (Wildman–Crippen MR) is 83.5 cm³/mol. The van der Waals surface area contributed by atoms with E-state index in [1.807, 2.05) is 12.4 Å². The first-order chi connectivity index (χ1) is 9.63. The quantitative estimate of drug-likeness (QED) is 0.892. The molecule has 20 heavy (non-hydrogen) atoms. The Hall–Kier alpha value is -0.970. The molecule has 1 aromatic heterocycles. The topological polar surface area (TPSA) is 45.4 Å². The van der Waals surface area contributed by atoms with Crippen LogP contribution in [0.4, 0.5) is 0 Å². The van der Waals surface area contributed by atoms with Crippen molar-refractivity contribution < 1.29 is 0 Å². The van der Waals surface area contributed by atoms with Gasteiger partial charge in [0.05, 0.1) is 0 Å². The highest BCUT2D eigenvalue weighted by Gasteiger charge is 2.28. The summed E-state index contributed by atoms with van der Waals surface area (Å²) in [6.07, 6.45) is 4.95. The first kappa shape index (κ1) is 15.4. The normalized spacial score (nSPS) is 22.4. The van der Waals surface area contributed by atoms with Gasteiger partial charge in [0.1, 0.15) is 0 Å². The molecule has 4 nitrogen and oxygen atoms in total. The van der Waals surface area contributed by atoms with Crippen LogP contribution in [0.5, 0.6) is 0 Å². The van der Waals surface area contributed by atoms with Crippen LogP contribution in [0, 0.1) is 0 Å². The first-order valence-electron chi connectivity index (χ1n) is 7.77. The van der Waals surface area contributed by atoms with Crippen molar-refractivity contribution in [2.75, 3.05) is 26.2 Å². The summed E-state index contributed by atoms with van der Waals surface area (Å²) in [6.45, 7) is 11.2. The summed E-state index contributed by atoms with van der Waals surface area (Å²) in [5.74, 6) is 0. The molecule has 0 bridgehead atoms. The van der Waals surface area contributed by atoms with Crippen molar-refractivity contribution in [3.05, 3.63) is 30.1 Å². The molecule has 2 rings (SSSR count). The molecular weight excluding hydrogens is 248 g/mol. The maximum Gasteiger partial charge on any atom is 0.0498 e. The zero-order valence-electron chi connectivity index (χ0n) is 13.0. The van der Waals surface area contributed by atoms with E-state index in [9.17, 15) is 0 Å². The van der Waals surface area contributed by atoms with Gasteiger partial charge >= 0.3 is 0 Å². The fourth-order valence-corrected chi connectivity index (χ4v) is 3.12. The monoisotopic (exact) mass is 276 g/mol. The summed E-state index contributed by atoms with van der Waals surface area (Å²) in [5, 5.41) is 0. The highest BCUT2D eigenvalue weighted by Crippen LogP contribution is 2.24. The van der Waals surface area contributed by atoms with Crippen molar-refractivity contribution in [2.45, 2.75) is 45.3 Å². The molecule has 0 spiro atoms. The average Bonchev–Trinajstić information content (AvgIpc) is 2.48. The van der Waals surface area contributed by atoms with Gasteiger partial charge in [-0.1, -0.05) is 6.92 Å². The van der Waals surface area contributed by atoms with Gasteiger partial charge in [-0.15, -0.1) is 0 Å². The van der Waals surface area contributed by atoms with Gasteiger partial charge in [-0.2, -0.15) is 0 Å². The van der Waals surface area contributed by atoms with Crippen LogP contribution < -0.4 is 5.73 Å². The summed E-state index contributed by atoms with van der Waals surface area (Å²) in [5.41, 5.74) is 7.53. The molecule has 112 valence electrons. The van der Waals surface area contributed by atoms with Gasteiger partial charge in [-0.25, -0.2) is 0 Å². The van der Waals surface area contributed by atoms with Crippen LogP contribution in [-0.4, -0.2) is 53.0 Å². The Morgan fingerprint density at radius 1 is 1.10 bits per heavy atom. The van der Waals surface area contributed by atoms with E-state index in [0.29, 0.717) is 12.1 Å². The number of hydrogen-bond acceptors (Lipinski definition) is 4. The van der Waals surface area contributed by atoms with Crippen LogP contribution in [0.2, 0.25) is 0 Å². The minimum Gasteiger partial charge on any atom is -0.326 e. The lowest BCUT2D eigenvalue weighted by Gasteiger charge is -2.42. The smallest absolute Gasteiger partial charge is 0.0498 e. The van der Waals surface area contributed by atoms with E-state index in [4.69, 9.17) is 5.73 Å². The van der Waals surface area contributed by atoms with E-state index in [-0.39, 0.29) is 6.04 Å². The van der Waals surface area contributed by atoms with Crippen LogP contribution in [0.1, 0.15) is 38.8 Å². The Morgan fingerprint density at radius 3 is 2.15 bits per heavy atom. The minimum atomic E-state index is 0.132. The lowest BCUT2D eigenvalue weighted by molar-refractivity contribution is 0.0652. The van der Waals surface area contributed by atoms with Gasteiger partial charge in [-0.3, -0.25) is 14.8 Å². The second-order valence-electron chi connectivity index (χ2n) is 5.91. The molecule has 0 amide bonds. The Balaban J connectivity index is 2.03. The van der Waals surface area contributed by atoms with E-state index in [2.05, 4.69) is 47.7 Å². The summed E-state index contributed by atoms with van der Waals surface area (Å²) < 4.78 is 0. The van der Waals surface area contributed by atoms with Gasteiger partial charge < -0.3 is 5.73 Å². The molecule has 1 aliphatic heterocycles. The highest BCUT2D eigenvalue weighted by molar-refractivity contribution is 5.17. The van der Waals surface area contributed by atoms with Crippen LogP contribution in [0.3, 0.4) is 0 Å². The SMILES string of the molecule is CCC(C)N1CCN(C(c2ccncc2)C(C)N)CC1. The fourth-order valence-electron chi connectivity index (χ4n) is 3.12. The zero-order chi connectivity index (χ0) is 14.5. The number of rotatable bonds is 5. The van der Waals surface area contributed by atoms with Crippen molar-refractivity contribution in [3.63, 3.8) is 0 Å². The molecule has 3 unspecified atom stereocenters. The third kappa shape index (κ3) is 3.57. The number of pyridine rings is 1. The van der Waals surface area contributed by atoms with Crippen LogP contribution in [0.25, 0.3) is 0 Å². The third-order valence-corrected chi connectivity index (χ3v) is 4.50. The molecular formula is C16H28N4. The van der Waals surface area contributed by atoms with Gasteiger partial charge in [0.2, 0.25) is 0 Å². The van der Waals surface area contributed by atoms with E-state index in [0.717, 1.165) is 26.2 Å². The molecule has 0 aromatic carbocycles. The number of hydrogen-bond donors (Lipinski definition) is 1. The van der Waals surface area contributed by atoms with Crippen LogP contribution >= 0.6 is 0 Å². The molecule has 3 atom stereocenters. The van der Waals surface area contributed by atoms with Crippen molar-refractivity contribution in [1.29, 1.82) is 0 Å². The van der Waals surface area contributed by atoms with E-state index >= 15 is 0 Å². The molecule has 1 aliphatic rings. The highest BCUT2D eigenvalue weighted by atomic mass is 15.3. The number of piperazine rings is 1. The zero-order valence-corrected chi connectivity index (χ0v) is 13.0. The van der Waals surface area contributed by atoms with Crippen LogP contribution in [-0.2, 0) is 0 Å². The minimum absolute atomic E-state index is 0.132. The van der Waals surface area contributed by atoms with E-state index in [1.165, 1.54) is 12.0 Å². The van der Waals surface area contributed by atoms with Gasteiger partial charge in [0.25, 0.3) is 0 Å². The van der Waals surface area contributed by atoms with Gasteiger partial charge in [-0.05, 0) is 38.0 Å². The summed E-state index contributed by atoms with van der Waals surface area (Å²) in [6, 6.07) is 5.31. The molecule has 1 aromatic rings. The summed E-state index contributed by atoms with van der Waals surface area (Å²) >= 11 is 0. The lowest BCUT2D eigenvalue weighted by atomic mass is 9.99. The van der Waals surface area contributed by atoms with Crippen LogP contribution in [0.15, 0.2) is 24.5 Å². The number of nitrogens with two attached hydrogens (primary N) is 1. The first-order valence-corrected chi connectivity index (χ1v) is 7.77. The molecule has 2 N–H and O–H groups in total. The third-order valence-electron chi connectivity index (χ3n) is 4.50. The van der Waals surface area contributed by atoms with Gasteiger partial charge in [0, 0.05) is 56.7 Å². The van der Waals surface area contributed by atoms with E-state index in [1.54, 1.807) is 0 Å². The second kappa shape index (κ2) is 7.16. The number of nitrogens with zero attached hydrogens (tertiary/aromatic N) is 3. The molecule has 0 saturated carbocycles. The fraction of sp³-hybridized carbons (Fsp3) is 0.688.